The van der Waals surface area contributed by atoms with Crippen LogP contribution in [-0.4, -0.2) is 19.6 Å². The Bertz CT molecular complexity index is 1120. The summed E-state index contributed by atoms with van der Waals surface area (Å²) in [6.07, 6.45) is 7.12. The van der Waals surface area contributed by atoms with Gasteiger partial charge in [-0.2, -0.15) is 0 Å². The second-order valence-electron chi connectivity index (χ2n) is 10.5. The summed E-state index contributed by atoms with van der Waals surface area (Å²) < 4.78 is 94.4. The molecule has 0 amide bonds. The Hall–Kier alpha value is -2.58. The molecule has 2 fully saturated rings. The first kappa shape index (κ1) is 29.4. The van der Waals surface area contributed by atoms with Crippen molar-refractivity contribution in [3.05, 3.63) is 81.9 Å². The number of rotatable bonds is 9. The first-order chi connectivity index (χ1) is 18.7. The molecule has 1 heterocycles. The van der Waals surface area contributed by atoms with Crippen molar-refractivity contribution >= 4 is 12.2 Å². The van der Waals surface area contributed by atoms with Gasteiger partial charge in [0, 0.05) is 22.6 Å². The van der Waals surface area contributed by atoms with E-state index >= 15 is 0 Å². The maximum Gasteiger partial charge on any atom is 0.257 e. The summed E-state index contributed by atoms with van der Waals surface area (Å²) >= 11 is 0. The molecule has 2 aliphatic rings. The molecule has 0 atom stereocenters. The van der Waals surface area contributed by atoms with Crippen LogP contribution in [0.25, 0.3) is 12.2 Å². The molecule has 1 saturated carbocycles. The van der Waals surface area contributed by atoms with E-state index < -0.39 is 36.0 Å². The molecule has 1 aliphatic heterocycles. The summed E-state index contributed by atoms with van der Waals surface area (Å²) in [7, 11) is 0. The number of halogens is 6. The SMILES string of the molecule is CCCC1CCC(C2COC(c3cc(F)c(/C=C/c4cc(F)c(C/C=C/C(F)F)c(F)c4)c(F)c3)OC2)CC1. The van der Waals surface area contributed by atoms with Gasteiger partial charge in [-0.15, -0.1) is 0 Å². The normalized spacial score (nSPS) is 24.3. The van der Waals surface area contributed by atoms with E-state index in [0.29, 0.717) is 25.2 Å². The zero-order valence-corrected chi connectivity index (χ0v) is 22.0. The number of alkyl halides is 2. The molecule has 0 radical (unpaired) electrons. The summed E-state index contributed by atoms with van der Waals surface area (Å²) in [6.45, 7) is 3.17. The lowest BCUT2D eigenvalue weighted by Crippen LogP contribution is -2.34. The molecule has 2 nitrogen and oxygen atoms in total. The Morgan fingerprint density at radius 1 is 0.821 bits per heavy atom. The minimum atomic E-state index is -2.72. The zero-order chi connectivity index (χ0) is 27.9. The second kappa shape index (κ2) is 13.7. The first-order valence-corrected chi connectivity index (χ1v) is 13.6. The largest absolute Gasteiger partial charge is 0.348 e. The van der Waals surface area contributed by atoms with Crippen LogP contribution in [0.15, 0.2) is 36.4 Å². The Morgan fingerprint density at radius 3 is 2.00 bits per heavy atom. The van der Waals surface area contributed by atoms with Gasteiger partial charge in [-0.1, -0.05) is 44.8 Å². The van der Waals surface area contributed by atoms with E-state index in [1.807, 2.05) is 0 Å². The van der Waals surface area contributed by atoms with Crippen LogP contribution in [0.2, 0.25) is 0 Å². The maximum atomic E-state index is 14.8. The summed E-state index contributed by atoms with van der Waals surface area (Å²) in [6, 6.07) is 4.24. The molecule has 0 unspecified atom stereocenters. The molecule has 1 aliphatic carbocycles. The molecule has 2 aromatic rings. The minimum Gasteiger partial charge on any atom is -0.348 e. The van der Waals surface area contributed by atoms with Gasteiger partial charge in [-0.05, 0) is 73.1 Å². The predicted octanol–water partition coefficient (Wildman–Crippen LogP) is 9.05. The van der Waals surface area contributed by atoms with Crippen LogP contribution in [0, 0.1) is 41.0 Å². The average molecular weight is 553 g/mol. The fraction of sp³-hybridized carbons (Fsp3) is 0.484. The maximum absolute atomic E-state index is 14.8. The zero-order valence-electron chi connectivity index (χ0n) is 22.0. The van der Waals surface area contributed by atoms with Crippen molar-refractivity contribution < 1.29 is 35.8 Å². The summed E-state index contributed by atoms with van der Waals surface area (Å²) in [5.41, 5.74) is -0.487. The first-order valence-electron chi connectivity index (χ1n) is 13.6. The van der Waals surface area contributed by atoms with Crippen molar-refractivity contribution in [1.82, 2.24) is 0 Å². The van der Waals surface area contributed by atoms with Crippen molar-refractivity contribution in [1.29, 1.82) is 0 Å². The number of hydrogen-bond acceptors (Lipinski definition) is 2. The van der Waals surface area contributed by atoms with Crippen LogP contribution in [-0.2, 0) is 15.9 Å². The lowest BCUT2D eigenvalue weighted by Gasteiger charge is -2.37. The van der Waals surface area contributed by atoms with E-state index in [9.17, 15) is 26.3 Å². The Labute approximate surface area is 225 Å². The highest BCUT2D eigenvalue weighted by molar-refractivity contribution is 5.70. The molecular weight excluding hydrogens is 518 g/mol. The van der Waals surface area contributed by atoms with E-state index in [1.165, 1.54) is 31.8 Å². The lowest BCUT2D eigenvalue weighted by atomic mass is 9.75. The third-order valence-electron chi connectivity index (χ3n) is 7.76. The van der Waals surface area contributed by atoms with Crippen molar-refractivity contribution in [3.8, 4) is 0 Å². The van der Waals surface area contributed by atoms with Crippen molar-refractivity contribution in [2.75, 3.05) is 13.2 Å². The molecule has 0 aromatic heterocycles. The van der Waals surface area contributed by atoms with Crippen molar-refractivity contribution in [3.63, 3.8) is 0 Å². The van der Waals surface area contributed by atoms with Gasteiger partial charge in [-0.3, -0.25) is 0 Å². The fourth-order valence-corrected chi connectivity index (χ4v) is 5.62. The number of allylic oxidation sites excluding steroid dienone is 2. The van der Waals surface area contributed by atoms with E-state index in [-0.39, 0.29) is 34.6 Å². The lowest BCUT2D eigenvalue weighted by molar-refractivity contribution is -0.215. The fourth-order valence-electron chi connectivity index (χ4n) is 5.62. The smallest absolute Gasteiger partial charge is 0.257 e. The van der Waals surface area contributed by atoms with E-state index in [4.69, 9.17) is 9.47 Å². The highest BCUT2D eigenvalue weighted by atomic mass is 19.3. The Morgan fingerprint density at radius 2 is 1.44 bits per heavy atom. The Kier molecular flexibility index (Phi) is 10.3. The molecule has 0 N–H and O–H groups in total. The van der Waals surface area contributed by atoms with Crippen molar-refractivity contribution in [2.45, 2.75) is 64.6 Å². The number of ether oxygens (including phenoxy) is 2. The van der Waals surface area contributed by atoms with Crippen LogP contribution in [0.4, 0.5) is 26.3 Å². The molecule has 2 aromatic carbocycles. The highest BCUT2D eigenvalue weighted by Gasteiger charge is 2.32. The molecule has 39 heavy (non-hydrogen) atoms. The van der Waals surface area contributed by atoms with E-state index in [1.54, 1.807) is 0 Å². The van der Waals surface area contributed by atoms with E-state index in [2.05, 4.69) is 6.92 Å². The summed E-state index contributed by atoms with van der Waals surface area (Å²) in [4.78, 5) is 0. The summed E-state index contributed by atoms with van der Waals surface area (Å²) in [5, 5.41) is 0. The van der Waals surface area contributed by atoms with Crippen LogP contribution >= 0.6 is 0 Å². The van der Waals surface area contributed by atoms with E-state index in [0.717, 1.165) is 55.2 Å². The van der Waals surface area contributed by atoms with Crippen LogP contribution in [0.5, 0.6) is 0 Å². The van der Waals surface area contributed by atoms with Gasteiger partial charge >= 0.3 is 0 Å². The van der Waals surface area contributed by atoms with Crippen LogP contribution in [0.1, 0.15) is 74.0 Å². The molecule has 0 spiro atoms. The van der Waals surface area contributed by atoms with Crippen LogP contribution in [0.3, 0.4) is 0 Å². The quantitative estimate of drug-likeness (QED) is 0.176. The minimum absolute atomic E-state index is 0.0307. The Balaban J connectivity index is 1.37. The molecule has 4 rings (SSSR count). The number of hydrogen-bond donors (Lipinski definition) is 0. The molecule has 8 heteroatoms. The van der Waals surface area contributed by atoms with Gasteiger partial charge in [0.2, 0.25) is 0 Å². The molecule has 212 valence electrons. The van der Waals surface area contributed by atoms with Gasteiger partial charge < -0.3 is 9.47 Å². The third-order valence-corrected chi connectivity index (χ3v) is 7.76. The van der Waals surface area contributed by atoms with Gasteiger partial charge in [0.25, 0.3) is 6.43 Å². The highest BCUT2D eigenvalue weighted by Crippen LogP contribution is 2.39. The summed E-state index contributed by atoms with van der Waals surface area (Å²) in [5.74, 6) is -1.99. The molecular formula is C31H34F6O2. The average Bonchev–Trinajstić information content (AvgIpc) is 2.90. The van der Waals surface area contributed by atoms with Gasteiger partial charge in [0.1, 0.15) is 23.3 Å². The topological polar surface area (TPSA) is 18.5 Å². The predicted molar refractivity (Wildman–Crippen MR) is 139 cm³/mol. The van der Waals surface area contributed by atoms with Gasteiger partial charge in [0.15, 0.2) is 6.29 Å². The molecule has 0 bridgehead atoms. The monoisotopic (exact) mass is 552 g/mol. The van der Waals surface area contributed by atoms with Crippen molar-refractivity contribution in [2.24, 2.45) is 17.8 Å². The third kappa shape index (κ3) is 7.76. The van der Waals surface area contributed by atoms with Gasteiger partial charge in [0.05, 0.1) is 13.2 Å². The van der Waals surface area contributed by atoms with Gasteiger partial charge in [-0.25, -0.2) is 26.3 Å². The number of benzene rings is 2. The second-order valence-corrected chi connectivity index (χ2v) is 10.5. The van der Waals surface area contributed by atoms with Crippen LogP contribution < -0.4 is 0 Å². The standard InChI is InChI=1S/C31H34F6O2/c1-2-4-19-7-10-21(11-8-19)23-17-38-31(39-18-23)22-15-28(34)25(29(35)16-22)12-9-20-13-26(32)24(27(33)14-20)5-3-6-30(36)37/h3,6,9,12-16,19,21,23,30-31H,2,4-5,7-8,10-11,17-18H2,1H3/b6-3+,12-9+. The molecule has 1 saturated heterocycles.